The second-order valence-electron chi connectivity index (χ2n) is 3.30. The van der Waals surface area contributed by atoms with Crippen LogP contribution in [-0.4, -0.2) is 53.6 Å². The Morgan fingerprint density at radius 2 is 1.92 bits per heavy atom. The number of rotatable bonds is 2. The predicted molar refractivity (Wildman–Crippen MR) is 43.9 cm³/mol. The molecule has 0 aromatic rings. The van der Waals surface area contributed by atoms with Gasteiger partial charge in [0.15, 0.2) is 6.29 Å². The van der Waals surface area contributed by atoms with Gasteiger partial charge in [0.1, 0.15) is 12.2 Å². The molecule has 5 nitrogen and oxygen atoms in total. The molecule has 0 bridgehead atoms. The molecule has 1 fully saturated rings. The summed E-state index contributed by atoms with van der Waals surface area (Å²) >= 11 is 0. The lowest BCUT2D eigenvalue weighted by atomic mass is 9.93. The molecule has 1 aliphatic rings. The third kappa shape index (κ3) is 2.00. The highest BCUT2D eigenvalue weighted by atomic mass is 16.7. The van der Waals surface area contributed by atoms with Gasteiger partial charge in [-0.1, -0.05) is 6.92 Å². The molecule has 1 rings (SSSR count). The van der Waals surface area contributed by atoms with Gasteiger partial charge >= 0.3 is 0 Å². The maximum atomic E-state index is 9.53. The topological polar surface area (TPSA) is 79.2 Å². The first-order valence-corrected chi connectivity index (χ1v) is 4.27. The zero-order chi connectivity index (χ0) is 10.0. The molecular formula is C8H16O5. The van der Waals surface area contributed by atoms with Crippen LogP contribution in [0.1, 0.15) is 6.92 Å². The first-order chi connectivity index (χ1) is 6.11. The standard InChI is InChI=1S/C8H16O5/c1-4-6(10)7(11)5(3-9)13-8(4)12-2/h4-11H,3H2,1-2H3/t4?,5?,6-,7-,8-/m1/s1. The molecule has 0 amide bonds. The van der Waals surface area contributed by atoms with E-state index in [0.717, 1.165) is 0 Å². The number of ether oxygens (including phenoxy) is 2. The summed E-state index contributed by atoms with van der Waals surface area (Å²) in [5.74, 6) is -0.303. The Labute approximate surface area is 76.9 Å². The summed E-state index contributed by atoms with van der Waals surface area (Å²) in [6.07, 6.45) is -3.31. The molecular weight excluding hydrogens is 176 g/mol. The van der Waals surface area contributed by atoms with Gasteiger partial charge in [-0.3, -0.25) is 0 Å². The fourth-order valence-corrected chi connectivity index (χ4v) is 1.49. The average Bonchev–Trinajstić information content (AvgIpc) is 2.15. The molecule has 0 aromatic heterocycles. The van der Waals surface area contributed by atoms with E-state index >= 15 is 0 Å². The molecule has 5 atom stereocenters. The van der Waals surface area contributed by atoms with E-state index in [4.69, 9.17) is 14.6 Å². The Morgan fingerprint density at radius 3 is 2.38 bits per heavy atom. The quantitative estimate of drug-likeness (QED) is 0.507. The minimum absolute atomic E-state index is 0.303. The van der Waals surface area contributed by atoms with Crippen molar-refractivity contribution in [2.45, 2.75) is 31.5 Å². The second-order valence-corrected chi connectivity index (χ2v) is 3.30. The minimum Gasteiger partial charge on any atom is -0.394 e. The van der Waals surface area contributed by atoms with Crippen LogP contribution < -0.4 is 0 Å². The van der Waals surface area contributed by atoms with Crippen molar-refractivity contribution in [3.8, 4) is 0 Å². The molecule has 0 aromatic carbocycles. The van der Waals surface area contributed by atoms with Gasteiger partial charge in [0.2, 0.25) is 0 Å². The van der Waals surface area contributed by atoms with E-state index < -0.39 is 24.6 Å². The number of hydrogen-bond donors (Lipinski definition) is 3. The fourth-order valence-electron chi connectivity index (χ4n) is 1.49. The maximum absolute atomic E-state index is 9.53. The van der Waals surface area contributed by atoms with Gasteiger partial charge < -0.3 is 24.8 Å². The van der Waals surface area contributed by atoms with Crippen molar-refractivity contribution >= 4 is 0 Å². The summed E-state index contributed by atoms with van der Waals surface area (Å²) in [6.45, 7) is 1.39. The Kier molecular flexibility index (Phi) is 3.63. The lowest BCUT2D eigenvalue weighted by Crippen LogP contribution is -2.55. The lowest BCUT2D eigenvalue weighted by Gasteiger charge is -2.40. The number of hydrogen-bond acceptors (Lipinski definition) is 5. The highest BCUT2D eigenvalue weighted by Gasteiger charge is 2.41. The van der Waals surface area contributed by atoms with E-state index in [1.807, 2.05) is 0 Å². The van der Waals surface area contributed by atoms with E-state index in [1.54, 1.807) is 6.92 Å². The highest BCUT2D eigenvalue weighted by Crippen LogP contribution is 2.25. The van der Waals surface area contributed by atoms with E-state index in [9.17, 15) is 10.2 Å². The molecule has 1 aliphatic heterocycles. The van der Waals surface area contributed by atoms with Crippen molar-refractivity contribution in [1.82, 2.24) is 0 Å². The summed E-state index contributed by atoms with van der Waals surface area (Å²) in [4.78, 5) is 0. The Bertz CT molecular complexity index is 143. The van der Waals surface area contributed by atoms with Gasteiger partial charge in [0.25, 0.3) is 0 Å². The van der Waals surface area contributed by atoms with Gasteiger partial charge in [0.05, 0.1) is 12.7 Å². The van der Waals surface area contributed by atoms with Crippen molar-refractivity contribution in [3.63, 3.8) is 0 Å². The molecule has 2 unspecified atom stereocenters. The van der Waals surface area contributed by atoms with Crippen molar-refractivity contribution in [2.24, 2.45) is 5.92 Å². The molecule has 0 radical (unpaired) electrons. The largest absolute Gasteiger partial charge is 0.394 e. The second kappa shape index (κ2) is 4.34. The van der Waals surface area contributed by atoms with Crippen LogP contribution in [0.2, 0.25) is 0 Å². The number of aliphatic hydroxyl groups excluding tert-OH is 3. The van der Waals surface area contributed by atoms with E-state index in [-0.39, 0.29) is 12.5 Å². The Morgan fingerprint density at radius 1 is 1.31 bits per heavy atom. The van der Waals surface area contributed by atoms with Gasteiger partial charge in [-0.2, -0.15) is 0 Å². The maximum Gasteiger partial charge on any atom is 0.162 e. The molecule has 3 N–H and O–H groups in total. The van der Waals surface area contributed by atoms with Gasteiger partial charge in [-0.25, -0.2) is 0 Å². The van der Waals surface area contributed by atoms with Crippen LogP contribution in [0.4, 0.5) is 0 Å². The Hall–Kier alpha value is -0.200. The molecule has 13 heavy (non-hydrogen) atoms. The summed E-state index contributed by atoms with van der Waals surface area (Å²) < 4.78 is 10.1. The summed E-state index contributed by atoms with van der Waals surface area (Å²) in [7, 11) is 1.46. The first kappa shape index (κ1) is 10.9. The third-order valence-electron chi connectivity index (χ3n) is 2.42. The minimum atomic E-state index is -1.05. The zero-order valence-electron chi connectivity index (χ0n) is 7.75. The fraction of sp³-hybridized carbons (Fsp3) is 1.00. The summed E-state index contributed by atoms with van der Waals surface area (Å²) in [5.41, 5.74) is 0. The van der Waals surface area contributed by atoms with Gasteiger partial charge in [0, 0.05) is 13.0 Å². The SMILES string of the molecule is CO[C@@H]1OC(CO)[C@@H](O)[C@H](O)C1C. The monoisotopic (exact) mass is 192 g/mol. The molecule has 1 heterocycles. The molecule has 0 saturated carbocycles. The lowest BCUT2D eigenvalue weighted by molar-refractivity contribution is -0.274. The summed E-state index contributed by atoms with van der Waals surface area (Å²) in [5, 5.41) is 27.8. The number of methoxy groups -OCH3 is 1. The normalized spacial score (nSPS) is 46.4. The third-order valence-corrected chi connectivity index (χ3v) is 2.42. The van der Waals surface area contributed by atoms with Gasteiger partial charge in [-0.15, -0.1) is 0 Å². The van der Waals surface area contributed by atoms with Gasteiger partial charge in [-0.05, 0) is 0 Å². The average molecular weight is 192 g/mol. The van der Waals surface area contributed by atoms with Crippen molar-refractivity contribution in [1.29, 1.82) is 0 Å². The van der Waals surface area contributed by atoms with E-state index in [0.29, 0.717) is 0 Å². The first-order valence-electron chi connectivity index (χ1n) is 4.27. The summed E-state index contributed by atoms with van der Waals surface area (Å²) in [6, 6.07) is 0. The van der Waals surface area contributed by atoms with Crippen molar-refractivity contribution < 1.29 is 24.8 Å². The van der Waals surface area contributed by atoms with Crippen LogP contribution in [-0.2, 0) is 9.47 Å². The van der Waals surface area contributed by atoms with Crippen LogP contribution in [0.3, 0.4) is 0 Å². The van der Waals surface area contributed by atoms with Crippen LogP contribution >= 0.6 is 0 Å². The van der Waals surface area contributed by atoms with Crippen molar-refractivity contribution in [3.05, 3.63) is 0 Å². The predicted octanol–water partition coefficient (Wildman–Crippen LogP) is -1.29. The number of aliphatic hydroxyl groups is 3. The van der Waals surface area contributed by atoms with Crippen LogP contribution in [0.25, 0.3) is 0 Å². The molecule has 0 aliphatic carbocycles. The molecule has 0 spiro atoms. The van der Waals surface area contributed by atoms with Crippen LogP contribution in [0.5, 0.6) is 0 Å². The molecule has 78 valence electrons. The molecule has 5 heteroatoms. The van der Waals surface area contributed by atoms with Crippen molar-refractivity contribution in [2.75, 3.05) is 13.7 Å². The molecule has 1 saturated heterocycles. The Balaban J connectivity index is 2.66. The highest BCUT2D eigenvalue weighted by molar-refractivity contribution is 4.86. The smallest absolute Gasteiger partial charge is 0.162 e. The zero-order valence-corrected chi connectivity index (χ0v) is 7.75. The van der Waals surface area contributed by atoms with E-state index in [2.05, 4.69) is 0 Å². The van der Waals surface area contributed by atoms with Crippen LogP contribution in [0, 0.1) is 5.92 Å². The van der Waals surface area contributed by atoms with Crippen LogP contribution in [0.15, 0.2) is 0 Å². The van der Waals surface area contributed by atoms with E-state index in [1.165, 1.54) is 7.11 Å².